The smallest absolute Gasteiger partial charge is 0.306 e. The second-order valence-electron chi connectivity index (χ2n) is 9.00. The van der Waals surface area contributed by atoms with E-state index in [1.54, 1.807) is 29.2 Å². The number of carbonyl (C=O) groups is 2. The lowest BCUT2D eigenvalue weighted by Gasteiger charge is -2.30. The SMILES string of the molecule is Cc1cc(OC(C)F)cc2c1cc(Cc1c(Cl)ccc(C(=O)N3CCC(C(=O)O)CC3)c1Cl)n2C. The summed E-state index contributed by atoms with van der Waals surface area (Å²) in [5, 5.41) is 11.0. The highest BCUT2D eigenvalue weighted by Gasteiger charge is 2.29. The summed E-state index contributed by atoms with van der Waals surface area (Å²) >= 11 is 13.2. The number of piperidine rings is 1. The van der Waals surface area contributed by atoms with Crippen molar-refractivity contribution in [2.75, 3.05) is 13.1 Å². The molecule has 1 amide bonds. The van der Waals surface area contributed by atoms with Gasteiger partial charge in [-0.05, 0) is 55.2 Å². The molecular weight excluding hydrogens is 494 g/mol. The van der Waals surface area contributed by atoms with Crippen LogP contribution in [-0.4, -0.2) is 45.9 Å². The van der Waals surface area contributed by atoms with Crippen LogP contribution in [0, 0.1) is 12.8 Å². The summed E-state index contributed by atoms with van der Waals surface area (Å²) in [6.07, 6.45) is -0.192. The van der Waals surface area contributed by atoms with Gasteiger partial charge in [-0.2, -0.15) is 0 Å². The maximum absolute atomic E-state index is 13.4. The fraction of sp³-hybridized carbons (Fsp3) is 0.385. The van der Waals surface area contributed by atoms with Crippen LogP contribution in [0.5, 0.6) is 5.75 Å². The number of aliphatic carboxylic acids is 1. The summed E-state index contributed by atoms with van der Waals surface area (Å²) in [4.78, 5) is 26.1. The van der Waals surface area contributed by atoms with Gasteiger partial charge in [-0.25, -0.2) is 4.39 Å². The number of carboxylic acid groups (broad SMARTS) is 1. The first kappa shape index (κ1) is 25.3. The largest absolute Gasteiger partial charge is 0.481 e. The molecular formula is C26H27Cl2FN2O4. The highest BCUT2D eigenvalue weighted by Crippen LogP contribution is 2.34. The molecule has 0 aliphatic carbocycles. The maximum atomic E-state index is 13.4. The Balaban J connectivity index is 1.63. The molecule has 1 aliphatic rings. The summed E-state index contributed by atoms with van der Waals surface area (Å²) in [5.41, 5.74) is 3.74. The van der Waals surface area contributed by atoms with Crippen LogP contribution in [0.1, 0.15) is 46.9 Å². The van der Waals surface area contributed by atoms with Crippen LogP contribution >= 0.6 is 23.2 Å². The molecule has 1 unspecified atom stereocenters. The van der Waals surface area contributed by atoms with Gasteiger partial charge < -0.3 is 19.3 Å². The predicted octanol–water partition coefficient (Wildman–Crippen LogP) is 6.02. The Labute approximate surface area is 213 Å². The molecule has 0 spiro atoms. The van der Waals surface area contributed by atoms with Gasteiger partial charge in [-0.3, -0.25) is 9.59 Å². The Kier molecular flexibility index (Phi) is 7.29. The van der Waals surface area contributed by atoms with E-state index >= 15 is 0 Å². The number of halogens is 3. The average molecular weight is 521 g/mol. The molecule has 2 heterocycles. The van der Waals surface area contributed by atoms with Crippen LogP contribution in [0.3, 0.4) is 0 Å². The van der Waals surface area contributed by atoms with Crippen molar-refractivity contribution in [3.63, 3.8) is 0 Å². The minimum atomic E-state index is -1.42. The van der Waals surface area contributed by atoms with Gasteiger partial charge in [0.1, 0.15) is 5.75 Å². The molecule has 4 rings (SSSR count). The van der Waals surface area contributed by atoms with Crippen molar-refractivity contribution < 1.29 is 23.8 Å². The number of benzene rings is 2. The molecule has 1 aromatic heterocycles. The number of carboxylic acids is 1. The van der Waals surface area contributed by atoms with E-state index in [4.69, 9.17) is 27.9 Å². The van der Waals surface area contributed by atoms with Gasteiger partial charge in [-0.15, -0.1) is 0 Å². The lowest BCUT2D eigenvalue weighted by Crippen LogP contribution is -2.40. The summed E-state index contributed by atoms with van der Waals surface area (Å²) < 4.78 is 20.6. The van der Waals surface area contributed by atoms with E-state index in [-0.39, 0.29) is 5.91 Å². The van der Waals surface area contributed by atoms with E-state index in [0.717, 1.165) is 22.2 Å². The standard InChI is InChI=1S/C26H27Cl2FN2O4/c1-14-10-18(35-15(2)29)13-23-20(14)11-17(30(23)3)12-21-22(27)5-4-19(24(21)28)25(32)31-8-6-16(7-9-31)26(33)34/h4-5,10-11,13,15-16H,6-9,12H2,1-3H3,(H,33,34). The number of hydrogen-bond acceptors (Lipinski definition) is 3. The first-order valence-corrected chi connectivity index (χ1v) is 12.2. The third-order valence-electron chi connectivity index (χ3n) is 6.65. The van der Waals surface area contributed by atoms with Gasteiger partial charge in [-0.1, -0.05) is 23.2 Å². The first-order chi connectivity index (χ1) is 16.6. The Bertz CT molecular complexity index is 1300. The van der Waals surface area contributed by atoms with Crippen LogP contribution in [-0.2, 0) is 18.3 Å². The van der Waals surface area contributed by atoms with Crippen LogP contribution in [0.4, 0.5) is 4.39 Å². The first-order valence-electron chi connectivity index (χ1n) is 11.5. The van der Waals surface area contributed by atoms with Crippen molar-refractivity contribution in [1.29, 1.82) is 0 Å². The molecule has 1 aliphatic heterocycles. The van der Waals surface area contributed by atoms with Gasteiger partial charge in [0, 0.05) is 55.7 Å². The summed E-state index contributed by atoms with van der Waals surface area (Å²) in [5.74, 6) is -1.03. The van der Waals surface area contributed by atoms with Crippen molar-refractivity contribution in [2.45, 2.75) is 39.5 Å². The number of ether oxygens (including phenoxy) is 1. The number of alkyl halides is 1. The number of carbonyl (C=O) groups excluding carboxylic acids is 1. The quantitative estimate of drug-likeness (QED) is 0.431. The Morgan fingerprint density at radius 2 is 1.89 bits per heavy atom. The van der Waals surface area contributed by atoms with E-state index in [1.165, 1.54) is 6.92 Å². The molecule has 6 nitrogen and oxygen atoms in total. The van der Waals surface area contributed by atoms with Crippen molar-refractivity contribution >= 4 is 46.0 Å². The zero-order valence-electron chi connectivity index (χ0n) is 19.8. The number of amides is 1. The molecule has 0 bridgehead atoms. The van der Waals surface area contributed by atoms with Crippen molar-refractivity contribution in [3.8, 4) is 5.75 Å². The molecule has 2 aromatic carbocycles. The fourth-order valence-electron chi connectivity index (χ4n) is 4.66. The van der Waals surface area contributed by atoms with E-state index in [2.05, 4.69) is 0 Å². The number of likely N-dealkylation sites (tertiary alicyclic amines) is 1. The molecule has 0 saturated carbocycles. The third-order valence-corrected chi connectivity index (χ3v) is 7.43. The zero-order valence-corrected chi connectivity index (χ0v) is 21.3. The molecule has 1 fully saturated rings. The average Bonchev–Trinajstić information content (AvgIpc) is 3.12. The molecule has 1 atom stereocenters. The monoisotopic (exact) mass is 520 g/mol. The molecule has 35 heavy (non-hydrogen) atoms. The predicted molar refractivity (Wildman–Crippen MR) is 134 cm³/mol. The van der Waals surface area contributed by atoms with Crippen LogP contribution in [0.2, 0.25) is 10.0 Å². The minimum absolute atomic E-state index is 0.230. The number of nitrogens with zero attached hydrogens (tertiary/aromatic N) is 2. The normalized spacial score (nSPS) is 15.4. The second kappa shape index (κ2) is 10.1. The molecule has 1 saturated heterocycles. The highest BCUT2D eigenvalue weighted by molar-refractivity contribution is 6.38. The van der Waals surface area contributed by atoms with Crippen LogP contribution in [0.15, 0.2) is 30.3 Å². The lowest BCUT2D eigenvalue weighted by molar-refractivity contribution is -0.143. The summed E-state index contributed by atoms with van der Waals surface area (Å²) in [6.45, 7) is 4.01. The lowest BCUT2D eigenvalue weighted by atomic mass is 9.96. The van der Waals surface area contributed by atoms with Gasteiger partial charge in [0.2, 0.25) is 6.36 Å². The number of aryl methyl sites for hydroxylation is 2. The molecule has 3 aromatic rings. The number of aromatic nitrogens is 1. The van der Waals surface area contributed by atoms with Crippen LogP contribution < -0.4 is 4.74 Å². The fourth-order valence-corrected chi connectivity index (χ4v) is 5.25. The Hall–Kier alpha value is -2.77. The van der Waals surface area contributed by atoms with E-state index < -0.39 is 18.2 Å². The highest BCUT2D eigenvalue weighted by atomic mass is 35.5. The van der Waals surface area contributed by atoms with Crippen molar-refractivity contribution in [1.82, 2.24) is 9.47 Å². The Morgan fingerprint density at radius 1 is 1.20 bits per heavy atom. The number of rotatable bonds is 6. The van der Waals surface area contributed by atoms with Gasteiger partial charge in [0.15, 0.2) is 0 Å². The van der Waals surface area contributed by atoms with E-state index in [0.29, 0.717) is 59.3 Å². The Morgan fingerprint density at radius 3 is 2.51 bits per heavy atom. The molecule has 0 radical (unpaired) electrons. The van der Waals surface area contributed by atoms with Gasteiger partial charge in [0.05, 0.1) is 22.0 Å². The second-order valence-corrected chi connectivity index (χ2v) is 9.78. The van der Waals surface area contributed by atoms with Gasteiger partial charge in [0.25, 0.3) is 5.91 Å². The zero-order chi connectivity index (χ0) is 25.4. The van der Waals surface area contributed by atoms with E-state index in [1.807, 2.05) is 24.6 Å². The molecule has 1 N–H and O–H groups in total. The number of hydrogen-bond donors (Lipinski definition) is 1. The number of fused-ring (bicyclic) bond motifs is 1. The maximum Gasteiger partial charge on any atom is 0.306 e. The minimum Gasteiger partial charge on any atom is -0.481 e. The van der Waals surface area contributed by atoms with Crippen molar-refractivity contribution in [2.24, 2.45) is 13.0 Å². The van der Waals surface area contributed by atoms with Crippen LogP contribution in [0.25, 0.3) is 10.9 Å². The summed E-state index contributed by atoms with van der Waals surface area (Å²) in [6, 6.07) is 8.92. The topological polar surface area (TPSA) is 71.8 Å². The van der Waals surface area contributed by atoms with Crippen molar-refractivity contribution in [3.05, 3.63) is 62.8 Å². The molecule has 9 heteroatoms. The molecule has 186 valence electrons. The third kappa shape index (κ3) is 5.11. The van der Waals surface area contributed by atoms with Gasteiger partial charge >= 0.3 is 5.97 Å². The summed E-state index contributed by atoms with van der Waals surface area (Å²) in [7, 11) is 1.91. The van der Waals surface area contributed by atoms with E-state index in [9.17, 15) is 19.1 Å².